The van der Waals surface area contributed by atoms with Crippen LogP contribution < -0.4 is 9.47 Å². The molecule has 2 atom stereocenters. The fourth-order valence-electron chi connectivity index (χ4n) is 4.38. The van der Waals surface area contributed by atoms with Gasteiger partial charge in [-0.2, -0.15) is 11.3 Å². The Morgan fingerprint density at radius 1 is 1.06 bits per heavy atom. The van der Waals surface area contributed by atoms with Gasteiger partial charge in [0.05, 0.1) is 19.1 Å². The maximum absolute atomic E-state index is 11.5. The molecule has 0 saturated heterocycles. The largest absolute Gasteiger partial charge is 0.493 e. The number of hydrogen-bond donors (Lipinski definition) is 1. The van der Waals surface area contributed by atoms with Crippen molar-refractivity contribution in [1.82, 2.24) is 0 Å². The van der Waals surface area contributed by atoms with Crippen LogP contribution in [0.3, 0.4) is 0 Å². The smallest absolute Gasteiger partial charge is 0.307 e. The molecule has 0 radical (unpaired) electrons. The summed E-state index contributed by atoms with van der Waals surface area (Å²) < 4.78 is 11.7. The van der Waals surface area contributed by atoms with Gasteiger partial charge in [0.25, 0.3) is 0 Å². The van der Waals surface area contributed by atoms with Crippen molar-refractivity contribution in [1.29, 1.82) is 0 Å². The number of hydrogen-bond acceptors (Lipinski definition) is 4. The van der Waals surface area contributed by atoms with Gasteiger partial charge in [0, 0.05) is 6.42 Å². The van der Waals surface area contributed by atoms with Crippen LogP contribution in [-0.4, -0.2) is 24.3 Å². The fourth-order valence-corrected chi connectivity index (χ4v) is 5.04. The Morgan fingerprint density at radius 2 is 1.81 bits per heavy atom. The third kappa shape index (κ3) is 5.10. The Labute approximate surface area is 187 Å². The minimum Gasteiger partial charge on any atom is -0.493 e. The predicted molar refractivity (Wildman–Crippen MR) is 124 cm³/mol. The van der Waals surface area contributed by atoms with E-state index in [0.29, 0.717) is 19.6 Å². The van der Waals surface area contributed by atoms with Crippen LogP contribution >= 0.6 is 11.3 Å². The quantitative estimate of drug-likeness (QED) is 0.373. The van der Waals surface area contributed by atoms with E-state index in [2.05, 4.69) is 41.1 Å². The van der Waals surface area contributed by atoms with Gasteiger partial charge in [-0.15, -0.1) is 0 Å². The van der Waals surface area contributed by atoms with Crippen molar-refractivity contribution in [2.45, 2.75) is 38.5 Å². The topological polar surface area (TPSA) is 55.8 Å². The Bertz CT molecular complexity index is 995. The van der Waals surface area contributed by atoms with Gasteiger partial charge in [0.1, 0.15) is 11.5 Å². The van der Waals surface area contributed by atoms with Crippen molar-refractivity contribution in [3.63, 3.8) is 0 Å². The van der Waals surface area contributed by atoms with Gasteiger partial charge in [-0.1, -0.05) is 25.1 Å². The molecule has 0 spiro atoms. The van der Waals surface area contributed by atoms with E-state index in [0.717, 1.165) is 30.8 Å². The number of carboxylic acid groups (broad SMARTS) is 1. The summed E-state index contributed by atoms with van der Waals surface area (Å²) in [4.78, 5) is 11.5. The molecule has 1 unspecified atom stereocenters. The number of aryl methyl sites for hydroxylation is 1. The van der Waals surface area contributed by atoms with Crippen LogP contribution in [0.2, 0.25) is 0 Å². The predicted octanol–water partition coefficient (Wildman–Crippen LogP) is 6.40. The molecule has 0 bridgehead atoms. The number of thiophene rings is 1. The molecule has 3 aromatic rings. The SMILES string of the molecule is CCC(C(=O)O)[C@@H]1CCc2cc(OCCCOc3ccc(-c4ccsc4)cc3)ccc21. The zero-order chi connectivity index (χ0) is 21.6. The average molecular weight is 437 g/mol. The highest BCUT2D eigenvalue weighted by atomic mass is 32.1. The van der Waals surface area contributed by atoms with E-state index in [1.165, 1.54) is 22.3 Å². The summed E-state index contributed by atoms with van der Waals surface area (Å²) >= 11 is 1.70. The first kappa shape index (κ1) is 21.4. The van der Waals surface area contributed by atoms with Crippen LogP contribution in [0.15, 0.2) is 59.3 Å². The van der Waals surface area contributed by atoms with Crippen molar-refractivity contribution in [3.05, 3.63) is 70.4 Å². The molecule has 5 heteroatoms. The molecule has 4 rings (SSSR count). The summed E-state index contributed by atoms with van der Waals surface area (Å²) in [5, 5.41) is 13.7. The average Bonchev–Trinajstić information content (AvgIpc) is 3.45. The lowest BCUT2D eigenvalue weighted by atomic mass is 9.85. The first-order chi connectivity index (χ1) is 15.2. The van der Waals surface area contributed by atoms with Crippen LogP contribution in [0.25, 0.3) is 11.1 Å². The fraction of sp³-hybridized carbons (Fsp3) is 0.346. The molecule has 0 amide bonds. The number of rotatable bonds is 10. The molecular weight excluding hydrogens is 408 g/mol. The molecular formula is C26H28O4S. The summed E-state index contributed by atoms with van der Waals surface area (Å²) in [5.74, 6) is 0.840. The van der Waals surface area contributed by atoms with Crippen LogP contribution in [0, 0.1) is 5.92 Å². The highest BCUT2D eigenvalue weighted by Gasteiger charge is 2.33. The lowest BCUT2D eigenvalue weighted by Gasteiger charge is -2.19. The molecule has 0 aliphatic heterocycles. The van der Waals surface area contributed by atoms with Crippen LogP contribution in [0.4, 0.5) is 0 Å². The van der Waals surface area contributed by atoms with Gasteiger partial charge in [0.2, 0.25) is 0 Å². The zero-order valence-electron chi connectivity index (χ0n) is 17.8. The zero-order valence-corrected chi connectivity index (χ0v) is 18.6. The second-order valence-corrected chi connectivity index (χ2v) is 8.73. The van der Waals surface area contributed by atoms with E-state index < -0.39 is 5.97 Å². The highest BCUT2D eigenvalue weighted by molar-refractivity contribution is 7.08. The lowest BCUT2D eigenvalue weighted by Crippen LogP contribution is -2.19. The van der Waals surface area contributed by atoms with Gasteiger partial charge < -0.3 is 14.6 Å². The van der Waals surface area contributed by atoms with Crippen molar-refractivity contribution in [3.8, 4) is 22.6 Å². The molecule has 1 aliphatic carbocycles. The Kier molecular flexibility index (Phi) is 6.92. The number of fused-ring (bicyclic) bond motifs is 1. The van der Waals surface area contributed by atoms with E-state index in [-0.39, 0.29) is 11.8 Å². The third-order valence-corrected chi connectivity index (χ3v) is 6.70. The van der Waals surface area contributed by atoms with E-state index in [1.807, 2.05) is 25.1 Å². The van der Waals surface area contributed by atoms with Gasteiger partial charge in [-0.3, -0.25) is 4.79 Å². The second-order valence-electron chi connectivity index (χ2n) is 7.95. The number of aliphatic carboxylic acids is 1. The van der Waals surface area contributed by atoms with Crippen LogP contribution in [-0.2, 0) is 11.2 Å². The molecule has 162 valence electrons. The molecule has 1 aliphatic rings. The van der Waals surface area contributed by atoms with Gasteiger partial charge >= 0.3 is 5.97 Å². The minimum atomic E-state index is -0.693. The Morgan fingerprint density at radius 3 is 2.48 bits per heavy atom. The van der Waals surface area contributed by atoms with Crippen molar-refractivity contribution in [2.24, 2.45) is 5.92 Å². The van der Waals surface area contributed by atoms with E-state index in [9.17, 15) is 9.90 Å². The number of carboxylic acids is 1. The standard InChI is InChI=1S/C26H28O4S/c1-2-23(26(27)28)25-10-6-19-16-22(9-11-24(19)25)30-14-3-13-29-21-7-4-18(5-8-21)20-12-15-31-17-20/h4-5,7-9,11-12,15-17,23,25H,2-3,6,10,13-14H2,1H3,(H,27,28)/t23?,25-/m0/s1. The van der Waals surface area contributed by atoms with Crippen molar-refractivity contribution >= 4 is 17.3 Å². The number of carbonyl (C=O) groups is 1. The van der Waals surface area contributed by atoms with Crippen molar-refractivity contribution < 1.29 is 19.4 Å². The molecule has 0 fully saturated rings. The molecule has 1 aromatic heterocycles. The summed E-state index contributed by atoms with van der Waals surface area (Å²) in [6, 6.07) is 16.4. The lowest BCUT2D eigenvalue weighted by molar-refractivity contribution is -0.142. The van der Waals surface area contributed by atoms with Crippen molar-refractivity contribution in [2.75, 3.05) is 13.2 Å². The Hall–Kier alpha value is -2.79. The normalized spacial score (nSPS) is 16.0. The monoisotopic (exact) mass is 436 g/mol. The summed E-state index contributed by atoms with van der Waals surface area (Å²) in [5.41, 5.74) is 4.84. The molecule has 4 nitrogen and oxygen atoms in total. The molecule has 1 heterocycles. The number of ether oxygens (including phenoxy) is 2. The summed E-state index contributed by atoms with van der Waals surface area (Å²) in [7, 11) is 0. The number of benzene rings is 2. The van der Waals surface area contributed by atoms with Crippen LogP contribution in [0.5, 0.6) is 11.5 Å². The molecule has 31 heavy (non-hydrogen) atoms. The van der Waals surface area contributed by atoms with E-state index >= 15 is 0 Å². The Balaban J connectivity index is 1.23. The van der Waals surface area contributed by atoms with E-state index in [1.54, 1.807) is 11.3 Å². The summed E-state index contributed by atoms with van der Waals surface area (Å²) in [6.45, 7) is 3.14. The third-order valence-electron chi connectivity index (χ3n) is 6.02. The minimum absolute atomic E-state index is 0.117. The maximum atomic E-state index is 11.5. The molecule has 1 N–H and O–H groups in total. The van der Waals surface area contributed by atoms with Gasteiger partial charge in [0.15, 0.2) is 0 Å². The van der Waals surface area contributed by atoms with Crippen LogP contribution in [0.1, 0.15) is 43.2 Å². The van der Waals surface area contributed by atoms with E-state index in [4.69, 9.17) is 9.47 Å². The molecule has 0 saturated carbocycles. The van der Waals surface area contributed by atoms with Gasteiger partial charge in [-0.05, 0) is 88.5 Å². The highest BCUT2D eigenvalue weighted by Crippen LogP contribution is 2.41. The molecule has 2 aromatic carbocycles. The summed E-state index contributed by atoms with van der Waals surface area (Å²) in [6.07, 6.45) is 3.28. The maximum Gasteiger partial charge on any atom is 0.307 e. The second kappa shape index (κ2) is 10.0. The first-order valence-corrected chi connectivity index (χ1v) is 11.8. The van der Waals surface area contributed by atoms with Gasteiger partial charge in [-0.25, -0.2) is 0 Å². The first-order valence-electron chi connectivity index (χ1n) is 10.9.